The van der Waals surface area contributed by atoms with Crippen molar-refractivity contribution in [2.75, 3.05) is 39.4 Å². The number of nitrogens with zero attached hydrogens (tertiary/aromatic N) is 2. The number of aliphatic hydroxyl groups is 1. The molecule has 3 aliphatic rings. The molecule has 0 bridgehead atoms. The van der Waals surface area contributed by atoms with Crippen LogP contribution in [0.5, 0.6) is 5.75 Å². The molecule has 8 heteroatoms. The van der Waals surface area contributed by atoms with E-state index < -0.39 is 23.0 Å². The SMILES string of the molecule is Cc1c(CN2CCCC[C@H]2C(=O)O)ccc(OCC2(OCCCN3CC[C@@H](O)C3)C=CC=C(c3ccccc3)C2(C)C)c1Cl. The van der Waals surface area contributed by atoms with Crippen molar-refractivity contribution in [2.24, 2.45) is 5.41 Å². The van der Waals surface area contributed by atoms with E-state index in [0.29, 0.717) is 30.3 Å². The van der Waals surface area contributed by atoms with Crippen molar-refractivity contribution in [3.63, 3.8) is 0 Å². The Morgan fingerprint density at radius 3 is 2.61 bits per heavy atom. The van der Waals surface area contributed by atoms with Gasteiger partial charge >= 0.3 is 5.97 Å². The molecule has 2 fully saturated rings. The molecule has 1 aliphatic carbocycles. The average Bonchev–Trinajstić information content (AvgIpc) is 3.43. The highest BCUT2D eigenvalue weighted by Gasteiger charge is 2.49. The van der Waals surface area contributed by atoms with Gasteiger partial charge in [-0.2, -0.15) is 0 Å². The Hall–Kier alpha value is -2.68. The fraction of sp³-hybridized carbons (Fsp3) is 0.528. The summed E-state index contributed by atoms with van der Waals surface area (Å²) in [6.45, 7) is 11.1. The summed E-state index contributed by atoms with van der Waals surface area (Å²) in [4.78, 5) is 16.2. The number of likely N-dealkylation sites (tertiary alicyclic amines) is 2. The molecule has 2 aliphatic heterocycles. The number of halogens is 1. The summed E-state index contributed by atoms with van der Waals surface area (Å²) in [7, 11) is 0. The molecule has 0 radical (unpaired) electrons. The molecule has 2 heterocycles. The van der Waals surface area contributed by atoms with Crippen molar-refractivity contribution in [3.8, 4) is 5.75 Å². The van der Waals surface area contributed by atoms with E-state index in [-0.39, 0.29) is 12.7 Å². The molecule has 2 aromatic rings. The maximum absolute atomic E-state index is 11.8. The lowest BCUT2D eigenvalue weighted by atomic mass is 9.65. The van der Waals surface area contributed by atoms with Crippen LogP contribution >= 0.6 is 11.6 Å². The van der Waals surface area contributed by atoms with Gasteiger partial charge in [0.15, 0.2) is 0 Å². The standard InChI is InChI=1S/C36H47ClN2O5/c1-26-28(23-39-20-8-7-14-31(39)34(41)42)15-16-32(33(26)37)43-25-36(44-22-10-19-38-21-17-29(40)24-38)18-9-13-30(35(36,2)3)27-11-5-4-6-12-27/h4-6,9,11-13,15-16,18,29,31,40H,7-8,10,14,17,19-25H2,1-3H3,(H,41,42)/t29-,31+,36?/m1/s1. The monoisotopic (exact) mass is 622 g/mol. The Labute approximate surface area is 267 Å². The van der Waals surface area contributed by atoms with Gasteiger partial charge < -0.3 is 24.6 Å². The van der Waals surface area contributed by atoms with Crippen LogP contribution < -0.4 is 4.74 Å². The molecule has 2 saturated heterocycles. The van der Waals surface area contributed by atoms with Gasteiger partial charge in [0.25, 0.3) is 0 Å². The van der Waals surface area contributed by atoms with E-state index in [1.165, 1.54) is 5.57 Å². The fourth-order valence-corrected chi connectivity index (χ4v) is 7.16. The Morgan fingerprint density at radius 2 is 1.89 bits per heavy atom. The number of carboxylic acid groups (broad SMARTS) is 1. The van der Waals surface area contributed by atoms with Crippen molar-refractivity contribution in [2.45, 2.75) is 77.2 Å². The quantitative estimate of drug-likeness (QED) is 0.267. The molecule has 3 atom stereocenters. The molecular formula is C36H47ClN2O5. The Kier molecular flexibility index (Phi) is 10.5. The molecule has 0 saturated carbocycles. The topological polar surface area (TPSA) is 82.5 Å². The predicted octanol–water partition coefficient (Wildman–Crippen LogP) is 6.36. The molecule has 7 nitrogen and oxygen atoms in total. The van der Waals surface area contributed by atoms with Crippen LogP contribution in [-0.4, -0.2) is 83.1 Å². The molecule has 0 spiro atoms. The van der Waals surface area contributed by atoms with Gasteiger partial charge in [-0.05, 0) is 73.6 Å². The lowest BCUT2D eigenvalue weighted by molar-refractivity contribution is -0.144. The van der Waals surface area contributed by atoms with E-state index in [1.54, 1.807) is 0 Å². The van der Waals surface area contributed by atoms with Crippen molar-refractivity contribution < 1.29 is 24.5 Å². The highest BCUT2D eigenvalue weighted by Crippen LogP contribution is 2.49. The zero-order valence-electron chi connectivity index (χ0n) is 26.3. The first-order valence-electron chi connectivity index (χ1n) is 16.0. The van der Waals surface area contributed by atoms with Gasteiger partial charge in [-0.25, -0.2) is 0 Å². The summed E-state index contributed by atoms with van der Waals surface area (Å²) in [5.41, 5.74) is 3.07. The molecular weight excluding hydrogens is 576 g/mol. The van der Waals surface area contributed by atoms with Crippen molar-refractivity contribution in [1.82, 2.24) is 9.80 Å². The number of hydrogen-bond donors (Lipinski definition) is 2. The highest BCUT2D eigenvalue weighted by atomic mass is 35.5. The van der Waals surface area contributed by atoms with Gasteiger partial charge in [-0.3, -0.25) is 9.69 Å². The number of hydrogen-bond acceptors (Lipinski definition) is 6. The van der Waals surface area contributed by atoms with E-state index in [9.17, 15) is 15.0 Å². The number of rotatable bonds is 12. The van der Waals surface area contributed by atoms with Gasteiger partial charge in [0.05, 0.1) is 11.1 Å². The number of β-amino-alcohol motifs (C(OH)–C–C–N with tert-alkyl or cyclic N) is 1. The molecule has 5 rings (SSSR count). The minimum absolute atomic E-state index is 0.229. The Morgan fingerprint density at radius 1 is 1.09 bits per heavy atom. The highest BCUT2D eigenvalue weighted by molar-refractivity contribution is 6.32. The molecule has 0 aromatic heterocycles. The van der Waals surface area contributed by atoms with Gasteiger partial charge in [-0.1, -0.05) is 80.4 Å². The van der Waals surface area contributed by atoms with E-state index in [2.05, 4.69) is 61.2 Å². The minimum Gasteiger partial charge on any atom is -0.489 e. The zero-order chi connectivity index (χ0) is 31.3. The normalized spacial score (nSPS) is 25.6. The van der Waals surface area contributed by atoms with Gasteiger partial charge in [-0.15, -0.1) is 0 Å². The molecule has 44 heavy (non-hydrogen) atoms. The summed E-state index contributed by atoms with van der Waals surface area (Å²) < 4.78 is 13.4. The number of piperidine rings is 1. The van der Waals surface area contributed by atoms with E-state index >= 15 is 0 Å². The first-order chi connectivity index (χ1) is 21.1. The summed E-state index contributed by atoms with van der Waals surface area (Å²) in [5.74, 6) is -0.167. The lowest BCUT2D eigenvalue weighted by Gasteiger charge is -2.47. The number of carbonyl (C=O) groups is 1. The summed E-state index contributed by atoms with van der Waals surface area (Å²) in [6.07, 6.45) is 10.4. The molecule has 2 aromatic carbocycles. The predicted molar refractivity (Wildman–Crippen MR) is 175 cm³/mol. The first kappa shape index (κ1) is 32.7. The second-order valence-electron chi connectivity index (χ2n) is 13.0. The van der Waals surface area contributed by atoms with Crippen LogP contribution in [0.15, 0.2) is 60.7 Å². The molecule has 2 N–H and O–H groups in total. The van der Waals surface area contributed by atoms with Crippen LogP contribution in [0.3, 0.4) is 0 Å². The maximum atomic E-state index is 11.8. The zero-order valence-corrected chi connectivity index (χ0v) is 27.1. The van der Waals surface area contributed by atoms with E-state index in [1.807, 2.05) is 30.0 Å². The maximum Gasteiger partial charge on any atom is 0.320 e. The van der Waals surface area contributed by atoms with Crippen molar-refractivity contribution in [3.05, 3.63) is 82.4 Å². The molecule has 0 amide bonds. The van der Waals surface area contributed by atoms with E-state index in [4.69, 9.17) is 21.1 Å². The smallest absolute Gasteiger partial charge is 0.320 e. The largest absolute Gasteiger partial charge is 0.489 e. The van der Waals surface area contributed by atoms with E-state index in [0.717, 1.165) is 68.6 Å². The van der Waals surface area contributed by atoms with Gasteiger partial charge in [0.2, 0.25) is 0 Å². The lowest BCUT2D eigenvalue weighted by Crippen LogP contribution is -2.52. The number of carboxylic acids is 1. The summed E-state index contributed by atoms with van der Waals surface area (Å²) in [6, 6.07) is 13.9. The third-order valence-corrected chi connectivity index (χ3v) is 10.3. The number of ether oxygens (including phenoxy) is 2. The molecule has 1 unspecified atom stereocenters. The van der Waals surface area contributed by atoms with Gasteiger partial charge in [0, 0.05) is 38.2 Å². The number of aliphatic carboxylic acids is 1. The Bertz CT molecular complexity index is 1360. The van der Waals surface area contributed by atoms with Crippen LogP contribution in [-0.2, 0) is 16.1 Å². The second-order valence-corrected chi connectivity index (χ2v) is 13.4. The summed E-state index contributed by atoms with van der Waals surface area (Å²) in [5, 5.41) is 20.2. The van der Waals surface area contributed by atoms with Crippen LogP contribution in [0.25, 0.3) is 5.57 Å². The fourth-order valence-electron chi connectivity index (χ4n) is 6.92. The number of allylic oxidation sites excluding steroid dienone is 2. The van der Waals surface area contributed by atoms with Crippen molar-refractivity contribution >= 4 is 23.1 Å². The van der Waals surface area contributed by atoms with Gasteiger partial charge in [0.1, 0.15) is 24.0 Å². The minimum atomic E-state index is -0.760. The second kappa shape index (κ2) is 14.2. The Balaban J connectivity index is 1.34. The molecule has 238 valence electrons. The average molecular weight is 623 g/mol. The van der Waals surface area contributed by atoms with Crippen LogP contribution in [0, 0.1) is 12.3 Å². The van der Waals surface area contributed by atoms with Crippen LogP contribution in [0.1, 0.15) is 62.6 Å². The first-order valence-corrected chi connectivity index (χ1v) is 16.4. The number of aliphatic hydroxyl groups excluding tert-OH is 1. The third-order valence-electron chi connectivity index (χ3n) is 9.85. The third kappa shape index (κ3) is 7.08. The number of benzene rings is 2. The van der Waals surface area contributed by atoms with Crippen LogP contribution in [0.4, 0.5) is 0 Å². The van der Waals surface area contributed by atoms with Crippen molar-refractivity contribution in [1.29, 1.82) is 0 Å². The van der Waals surface area contributed by atoms with Crippen LogP contribution in [0.2, 0.25) is 5.02 Å². The summed E-state index contributed by atoms with van der Waals surface area (Å²) >= 11 is 6.93.